The highest BCUT2D eigenvalue weighted by Crippen LogP contribution is 2.38. The van der Waals surface area contributed by atoms with Crippen molar-refractivity contribution in [2.24, 2.45) is 7.05 Å². The van der Waals surface area contributed by atoms with Crippen LogP contribution in [0.25, 0.3) is 11.1 Å². The van der Waals surface area contributed by atoms with Crippen molar-refractivity contribution in [1.82, 2.24) is 9.78 Å². The van der Waals surface area contributed by atoms with Crippen LogP contribution in [0.3, 0.4) is 0 Å². The van der Waals surface area contributed by atoms with Crippen molar-refractivity contribution >= 4 is 28.7 Å². The Hall–Kier alpha value is -5.48. The Bertz CT molecular complexity index is 1930. The molecule has 10 heteroatoms. The van der Waals surface area contributed by atoms with E-state index < -0.39 is 0 Å². The Morgan fingerprint density at radius 2 is 1.60 bits per heavy atom. The third-order valence-electron chi connectivity index (χ3n) is 8.71. The quantitative estimate of drug-likeness (QED) is 0.172. The Morgan fingerprint density at radius 3 is 2.38 bits per heavy atom. The van der Waals surface area contributed by atoms with Gasteiger partial charge in [0, 0.05) is 32.2 Å². The first-order chi connectivity index (χ1) is 23.4. The smallest absolute Gasteiger partial charge is 0.257 e. The zero-order valence-electron chi connectivity index (χ0n) is 27.4. The Kier molecular flexibility index (Phi) is 8.89. The maximum Gasteiger partial charge on any atom is 0.257 e. The molecule has 0 bridgehead atoms. The SMILES string of the molecule is COc1cc(-c2ccc3c(c2)Nc2ccc(CCOc4ccc(N5CCOCC5)cc4)cc2NC3=O)ccc1OCc1cc(C)nn1C. The van der Waals surface area contributed by atoms with Gasteiger partial charge < -0.3 is 34.5 Å². The van der Waals surface area contributed by atoms with Crippen LogP contribution in [0.5, 0.6) is 17.2 Å². The third-order valence-corrected chi connectivity index (χ3v) is 8.71. The molecule has 10 nitrogen and oxygen atoms in total. The van der Waals surface area contributed by atoms with Crippen molar-refractivity contribution in [3.63, 3.8) is 0 Å². The number of nitrogens with zero attached hydrogens (tertiary/aromatic N) is 3. The van der Waals surface area contributed by atoms with Gasteiger partial charge in [-0.3, -0.25) is 9.48 Å². The summed E-state index contributed by atoms with van der Waals surface area (Å²) in [6.07, 6.45) is 0.703. The monoisotopic (exact) mass is 645 g/mol. The first-order valence-corrected chi connectivity index (χ1v) is 16.1. The van der Waals surface area contributed by atoms with E-state index in [-0.39, 0.29) is 5.91 Å². The number of carbonyl (C=O) groups excluding carboxylic acids is 1. The molecule has 2 N–H and O–H groups in total. The fourth-order valence-corrected chi connectivity index (χ4v) is 6.10. The average Bonchev–Trinajstić information content (AvgIpc) is 3.37. The van der Waals surface area contributed by atoms with Crippen LogP contribution in [0.15, 0.2) is 84.9 Å². The lowest BCUT2D eigenvalue weighted by atomic mass is 10.0. The number of fused-ring (bicyclic) bond motifs is 2. The second-order valence-corrected chi connectivity index (χ2v) is 12.0. The number of methoxy groups -OCH3 is 1. The summed E-state index contributed by atoms with van der Waals surface area (Å²) in [7, 11) is 3.53. The number of rotatable bonds is 10. The molecule has 0 radical (unpaired) electrons. The summed E-state index contributed by atoms with van der Waals surface area (Å²) in [5.41, 5.74) is 8.91. The zero-order chi connectivity index (χ0) is 33.0. The second kappa shape index (κ2) is 13.7. The summed E-state index contributed by atoms with van der Waals surface area (Å²) in [4.78, 5) is 15.6. The van der Waals surface area contributed by atoms with Crippen LogP contribution >= 0.6 is 0 Å². The minimum Gasteiger partial charge on any atom is -0.493 e. The van der Waals surface area contributed by atoms with Crippen molar-refractivity contribution < 1.29 is 23.7 Å². The van der Waals surface area contributed by atoms with Gasteiger partial charge >= 0.3 is 0 Å². The molecule has 0 spiro atoms. The van der Waals surface area contributed by atoms with Gasteiger partial charge in [-0.2, -0.15) is 5.10 Å². The number of nitrogens with one attached hydrogen (secondary N) is 2. The number of amides is 1. The van der Waals surface area contributed by atoms with E-state index in [1.807, 2.05) is 85.4 Å². The highest BCUT2D eigenvalue weighted by molar-refractivity contribution is 6.12. The average molecular weight is 646 g/mol. The molecular weight excluding hydrogens is 606 g/mol. The molecule has 4 aromatic carbocycles. The molecule has 3 heterocycles. The summed E-state index contributed by atoms with van der Waals surface area (Å²) >= 11 is 0. The fraction of sp³-hybridized carbons (Fsp3) is 0.263. The number of benzene rings is 4. The molecule has 1 saturated heterocycles. The molecule has 0 saturated carbocycles. The van der Waals surface area contributed by atoms with E-state index in [0.29, 0.717) is 36.7 Å². The lowest BCUT2D eigenvalue weighted by Crippen LogP contribution is -2.36. The van der Waals surface area contributed by atoms with Crippen LogP contribution < -0.4 is 29.7 Å². The first-order valence-electron chi connectivity index (χ1n) is 16.1. The molecule has 1 fully saturated rings. The number of hydrogen-bond donors (Lipinski definition) is 2. The molecule has 7 rings (SSSR count). The van der Waals surface area contributed by atoms with Gasteiger partial charge in [0.25, 0.3) is 5.91 Å². The van der Waals surface area contributed by atoms with Crippen LogP contribution in [0, 0.1) is 6.92 Å². The molecule has 2 aliphatic heterocycles. The van der Waals surface area contributed by atoms with Gasteiger partial charge in [-0.15, -0.1) is 0 Å². The Labute approximate surface area is 280 Å². The largest absolute Gasteiger partial charge is 0.493 e. The molecular formula is C38H39N5O5. The summed E-state index contributed by atoms with van der Waals surface area (Å²) in [6.45, 7) is 6.19. The van der Waals surface area contributed by atoms with Gasteiger partial charge in [0.1, 0.15) is 12.4 Å². The van der Waals surface area contributed by atoms with Gasteiger partial charge in [0.15, 0.2) is 11.5 Å². The molecule has 246 valence electrons. The number of anilines is 4. The third kappa shape index (κ3) is 6.79. The van der Waals surface area contributed by atoms with Crippen LogP contribution in [0.2, 0.25) is 0 Å². The topological polar surface area (TPSA) is 99.1 Å². The second-order valence-electron chi connectivity index (χ2n) is 12.0. The minimum atomic E-state index is -0.164. The van der Waals surface area contributed by atoms with Crippen molar-refractivity contribution in [2.75, 3.05) is 55.6 Å². The number of carbonyl (C=O) groups is 1. The van der Waals surface area contributed by atoms with Crippen LogP contribution in [0.1, 0.15) is 27.3 Å². The van der Waals surface area contributed by atoms with Crippen LogP contribution in [-0.2, 0) is 24.8 Å². The highest BCUT2D eigenvalue weighted by Gasteiger charge is 2.21. The predicted molar refractivity (Wildman–Crippen MR) is 187 cm³/mol. The van der Waals surface area contributed by atoms with Crippen molar-refractivity contribution in [2.45, 2.75) is 20.0 Å². The minimum absolute atomic E-state index is 0.164. The van der Waals surface area contributed by atoms with E-state index in [4.69, 9.17) is 18.9 Å². The van der Waals surface area contributed by atoms with Crippen molar-refractivity contribution in [1.29, 1.82) is 0 Å². The summed E-state index contributed by atoms with van der Waals surface area (Å²) in [6, 6.07) is 27.9. The lowest BCUT2D eigenvalue weighted by molar-refractivity contribution is 0.102. The molecule has 48 heavy (non-hydrogen) atoms. The van der Waals surface area contributed by atoms with E-state index in [1.165, 1.54) is 5.69 Å². The van der Waals surface area contributed by atoms with Gasteiger partial charge in [0.2, 0.25) is 0 Å². The molecule has 0 aliphatic carbocycles. The molecule has 2 aliphatic rings. The van der Waals surface area contributed by atoms with E-state index >= 15 is 0 Å². The molecule has 0 atom stereocenters. The molecule has 0 unspecified atom stereocenters. The van der Waals surface area contributed by atoms with Gasteiger partial charge in [-0.05, 0) is 90.3 Å². The summed E-state index contributed by atoms with van der Waals surface area (Å²) in [5.74, 6) is 1.94. The van der Waals surface area contributed by atoms with Crippen molar-refractivity contribution in [3.05, 3.63) is 107 Å². The van der Waals surface area contributed by atoms with E-state index in [9.17, 15) is 4.79 Å². The number of hydrogen-bond acceptors (Lipinski definition) is 8. The summed E-state index contributed by atoms with van der Waals surface area (Å²) in [5, 5.41) is 10.9. The van der Waals surface area contributed by atoms with Gasteiger partial charge in [-0.1, -0.05) is 18.2 Å². The number of aromatic nitrogens is 2. The maximum atomic E-state index is 13.3. The number of ether oxygens (including phenoxy) is 4. The van der Waals surface area contributed by atoms with Crippen LogP contribution in [0.4, 0.5) is 22.7 Å². The van der Waals surface area contributed by atoms with Crippen molar-refractivity contribution in [3.8, 4) is 28.4 Å². The number of aryl methyl sites for hydroxylation is 2. The highest BCUT2D eigenvalue weighted by atomic mass is 16.5. The van der Waals surface area contributed by atoms with E-state index in [2.05, 4.69) is 38.8 Å². The van der Waals surface area contributed by atoms with Gasteiger partial charge in [-0.25, -0.2) is 0 Å². The lowest BCUT2D eigenvalue weighted by Gasteiger charge is -2.28. The normalized spacial score (nSPS) is 13.9. The molecule has 5 aromatic rings. The zero-order valence-corrected chi connectivity index (χ0v) is 27.4. The fourth-order valence-electron chi connectivity index (χ4n) is 6.10. The Morgan fingerprint density at radius 1 is 0.812 bits per heavy atom. The maximum absolute atomic E-state index is 13.3. The van der Waals surface area contributed by atoms with Crippen LogP contribution in [-0.4, -0.2) is 55.7 Å². The van der Waals surface area contributed by atoms with Gasteiger partial charge in [0.05, 0.1) is 60.9 Å². The Balaban J connectivity index is 1.01. The predicted octanol–water partition coefficient (Wildman–Crippen LogP) is 6.75. The molecule has 1 amide bonds. The standard InChI is InChI=1S/C38H39N5O5/c1-25-20-30(42(2)41-25)24-48-36-13-6-28(23-37(36)45-3)27-5-11-32-34(22-27)39-33-12-4-26(21-35(33)40-38(32)44)14-17-47-31-9-7-29(8-10-31)43-15-18-46-19-16-43/h4-13,20-23,39H,14-19,24H2,1-3H3,(H,40,44). The summed E-state index contributed by atoms with van der Waals surface area (Å²) < 4.78 is 25.1. The molecule has 1 aromatic heterocycles. The first kappa shape index (κ1) is 31.1. The van der Waals surface area contributed by atoms with E-state index in [1.54, 1.807) is 7.11 Å². The number of morpholine rings is 1. The van der Waals surface area contributed by atoms with E-state index in [0.717, 1.165) is 77.2 Å².